The predicted molar refractivity (Wildman–Crippen MR) is 75.5 cm³/mol. The van der Waals surface area contributed by atoms with Crippen LogP contribution in [0.1, 0.15) is 20.7 Å². The van der Waals surface area contributed by atoms with Gasteiger partial charge in [0.25, 0.3) is 5.91 Å². The van der Waals surface area contributed by atoms with Gasteiger partial charge in [-0.05, 0) is 24.3 Å². The van der Waals surface area contributed by atoms with Crippen molar-refractivity contribution >= 4 is 17.6 Å². The summed E-state index contributed by atoms with van der Waals surface area (Å²) in [6.07, 6.45) is 1.57. The average Bonchev–Trinajstić information content (AvgIpc) is 2.88. The van der Waals surface area contributed by atoms with Crippen LogP contribution in [-0.4, -0.2) is 35.9 Å². The van der Waals surface area contributed by atoms with Gasteiger partial charge in [0.15, 0.2) is 0 Å². The number of amides is 1. The third kappa shape index (κ3) is 3.19. The van der Waals surface area contributed by atoms with E-state index in [1.807, 2.05) is 0 Å². The largest absolute Gasteiger partial charge is 0.479 e. The van der Waals surface area contributed by atoms with Crippen LogP contribution in [0.3, 0.4) is 0 Å². The summed E-state index contributed by atoms with van der Waals surface area (Å²) in [6.45, 7) is 0. The van der Waals surface area contributed by atoms with Gasteiger partial charge in [-0.25, -0.2) is 4.79 Å². The highest BCUT2D eigenvalue weighted by atomic mass is 16.5. The lowest BCUT2D eigenvalue weighted by atomic mass is 10.2. The minimum absolute atomic E-state index is 0.251. The van der Waals surface area contributed by atoms with Crippen molar-refractivity contribution in [2.75, 3.05) is 19.5 Å². The number of aryl methyl sites for hydroxylation is 1. The first-order valence-corrected chi connectivity index (χ1v) is 6.12. The van der Waals surface area contributed by atoms with E-state index < -0.39 is 5.97 Å². The number of benzene rings is 1. The Morgan fingerprint density at radius 1 is 1.19 bits per heavy atom. The first-order chi connectivity index (χ1) is 10.0. The van der Waals surface area contributed by atoms with Gasteiger partial charge in [0.1, 0.15) is 5.56 Å². The van der Waals surface area contributed by atoms with E-state index in [0.29, 0.717) is 16.8 Å². The van der Waals surface area contributed by atoms with Crippen molar-refractivity contribution in [2.45, 2.75) is 0 Å². The lowest BCUT2D eigenvalue weighted by molar-refractivity contribution is 0.0600. The van der Waals surface area contributed by atoms with Crippen molar-refractivity contribution in [3.63, 3.8) is 0 Å². The van der Waals surface area contributed by atoms with Crippen LogP contribution >= 0.6 is 0 Å². The monoisotopic (exact) mass is 289 g/mol. The number of aromatic nitrogens is 2. The minimum atomic E-state index is -0.429. The molecular weight excluding hydrogens is 274 g/mol. The van der Waals surface area contributed by atoms with Crippen molar-refractivity contribution in [1.29, 1.82) is 0 Å². The highest BCUT2D eigenvalue weighted by molar-refractivity contribution is 6.05. The molecule has 2 aromatic rings. The number of carbonyl (C=O) groups excluding carboxylic acids is 2. The molecule has 1 aromatic carbocycles. The van der Waals surface area contributed by atoms with E-state index in [-0.39, 0.29) is 11.8 Å². The summed E-state index contributed by atoms with van der Waals surface area (Å²) >= 11 is 0. The van der Waals surface area contributed by atoms with Gasteiger partial charge in [0.05, 0.1) is 19.8 Å². The number of rotatable bonds is 4. The summed E-state index contributed by atoms with van der Waals surface area (Å²) in [4.78, 5) is 23.5. The van der Waals surface area contributed by atoms with Gasteiger partial charge in [0.2, 0.25) is 5.88 Å². The number of carbonyl (C=O) groups is 2. The average molecular weight is 289 g/mol. The molecule has 110 valence electrons. The summed E-state index contributed by atoms with van der Waals surface area (Å²) in [5, 5.41) is 6.72. The number of ether oxygens (including phenoxy) is 2. The standard InChI is InChI=1S/C14H15N3O4/c1-17-8-11(13(16-17)20-2)12(18)15-10-6-4-9(5-7-10)14(19)21-3/h4-8H,1-3H3,(H,15,18). The molecule has 0 aliphatic carbocycles. The van der Waals surface area contributed by atoms with Crippen LogP contribution < -0.4 is 10.1 Å². The maximum Gasteiger partial charge on any atom is 0.337 e. The molecule has 7 heteroatoms. The van der Waals surface area contributed by atoms with E-state index in [4.69, 9.17) is 4.74 Å². The van der Waals surface area contributed by atoms with Gasteiger partial charge in [-0.2, -0.15) is 0 Å². The second-order valence-corrected chi connectivity index (χ2v) is 4.25. The van der Waals surface area contributed by atoms with Crippen molar-refractivity contribution in [2.24, 2.45) is 7.05 Å². The zero-order valence-electron chi connectivity index (χ0n) is 11.9. The van der Waals surface area contributed by atoms with Crippen LogP contribution in [0.15, 0.2) is 30.5 Å². The Labute approximate surface area is 121 Å². The minimum Gasteiger partial charge on any atom is -0.479 e. The molecule has 7 nitrogen and oxygen atoms in total. The number of hydrogen-bond donors (Lipinski definition) is 1. The molecule has 0 radical (unpaired) electrons. The fraction of sp³-hybridized carbons (Fsp3) is 0.214. The van der Waals surface area contributed by atoms with Gasteiger partial charge in [-0.3, -0.25) is 9.48 Å². The molecule has 2 rings (SSSR count). The molecule has 1 amide bonds. The first kappa shape index (κ1) is 14.6. The molecule has 0 unspecified atom stereocenters. The maximum absolute atomic E-state index is 12.1. The smallest absolute Gasteiger partial charge is 0.337 e. The van der Waals surface area contributed by atoms with Crippen LogP contribution in [0.2, 0.25) is 0 Å². The van der Waals surface area contributed by atoms with Crippen molar-refractivity contribution in [3.05, 3.63) is 41.6 Å². The van der Waals surface area contributed by atoms with Crippen LogP contribution in [0.25, 0.3) is 0 Å². The quantitative estimate of drug-likeness (QED) is 0.862. The van der Waals surface area contributed by atoms with E-state index in [9.17, 15) is 9.59 Å². The molecule has 0 atom stereocenters. The molecule has 0 spiro atoms. The van der Waals surface area contributed by atoms with Gasteiger partial charge < -0.3 is 14.8 Å². The molecule has 1 heterocycles. The summed E-state index contributed by atoms with van der Waals surface area (Å²) in [6, 6.07) is 6.38. The zero-order chi connectivity index (χ0) is 15.4. The van der Waals surface area contributed by atoms with Crippen LogP contribution in [0.5, 0.6) is 5.88 Å². The van der Waals surface area contributed by atoms with Crippen molar-refractivity contribution < 1.29 is 19.1 Å². The number of hydrogen-bond acceptors (Lipinski definition) is 5. The molecule has 21 heavy (non-hydrogen) atoms. The Morgan fingerprint density at radius 3 is 2.43 bits per heavy atom. The summed E-state index contributed by atoms with van der Waals surface area (Å²) in [5.74, 6) is -0.520. The molecule has 0 aliphatic rings. The fourth-order valence-electron chi connectivity index (χ4n) is 1.78. The van der Waals surface area contributed by atoms with Gasteiger partial charge in [-0.15, -0.1) is 5.10 Å². The van der Waals surface area contributed by atoms with Crippen LogP contribution in [-0.2, 0) is 11.8 Å². The maximum atomic E-state index is 12.1. The van der Waals surface area contributed by atoms with Gasteiger partial charge >= 0.3 is 5.97 Å². The highest BCUT2D eigenvalue weighted by Gasteiger charge is 2.16. The SMILES string of the molecule is COC(=O)c1ccc(NC(=O)c2cn(C)nc2OC)cc1. The number of esters is 1. The van der Waals surface area contributed by atoms with Crippen LogP contribution in [0.4, 0.5) is 5.69 Å². The van der Waals surface area contributed by atoms with Crippen LogP contribution in [0, 0.1) is 0 Å². The highest BCUT2D eigenvalue weighted by Crippen LogP contribution is 2.17. The predicted octanol–water partition coefficient (Wildman–Crippen LogP) is 1.47. The number of anilines is 1. The third-order valence-corrected chi connectivity index (χ3v) is 2.80. The number of nitrogens with zero attached hydrogens (tertiary/aromatic N) is 2. The Kier molecular flexibility index (Phi) is 4.22. The molecule has 0 aliphatic heterocycles. The molecule has 0 saturated carbocycles. The Balaban J connectivity index is 2.14. The second-order valence-electron chi connectivity index (χ2n) is 4.25. The second kappa shape index (κ2) is 6.08. The van der Waals surface area contributed by atoms with Gasteiger partial charge in [-0.1, -0.05) is 0 Å². The van der Waals surface area contributed by atoms with E-state index in [1.165, 1.54) is 18.9 Å². The van der Waals surface area contributed by atoms with Crippen molar-refractivity contribution in [3.8, 4) is 5.88 Å². The first-order valence-electron chi connectivity index (χ1n) is 6.12. The number of nitrogens with one attached hydrogen (secondary N) is 1. The Morgan fingerprint density at radius 2 is 1.86 bits per heavy atom. The molecule has 0 bridgehead atoms. The molecule has 1 N–H and O–H groups in total. The molecular formula is C14H15N3O4. The van der Waals surface area contributed by atoms with Crippen molar-refractivity contribution in [1.82, 2.24) is 9.78 Å². The zero-order valence-corrected chi connectivity index (χ0v) is 11.9. The van der Waals surface area contributed by atoms with Gasteiger partial charge in [0, 0.05) is 18.9 Å². The lowest BCUT2D eigenvalue weighted by Gasteiger charge is -2.05. The van der Waals surface area contributed by atoms with E-state index in [0.717, 1.165) is 0 Å². The van der Waals surface area contributed by atoms with E-state index in [1.54, 1.807) is 37.5 Å². The topological polar surface area (TPSA) is 82.5 Å². The number of methoxy groups -OCH3 is 2. The summed E-state index contributed by atoms with van der Waals surface area (Å²) < 4.78 is 11.1. The lowest BCUT2D eigenvalue weighted by Crippen LogP contribution is -2.12. The Bertz CT molecular complexity index is 661. The third-order valence-electron chi connectivity index (χ3n) is 2.80. The Hall–Kier alpha value is -2.83. The summed E-state index contributed by atoms with van der Waals surface area (Å²) in [7, 11) is 4.46. The summed E-state index contributed by atoms with van der Waals surface area (Å²) in [5.41, 5.74) is 1.30. The molecule has 1 aromatic heterocycles. The van der Waals surface area contributed by atoms with E-state index >= 15 is 0 Å². The normalized spacial score (nSPS) is 10.0. The molecule has 0 saturated heterocycles. The fourth-order valence-corrected chi connectivity index (χ4v) is 1.78. The molecule has 0 fully saturated rings. The van der Waals surface area contributed by atoms with E-state index in [2.05, 4.69) is 15.2 Å².